The number of nitrogens with two attached hydrogens (primary N) is 1. The van der Waals surface area contributed by atoms with Crippen LogP contribution in [0, 0.1) is 0 Å². The topological polar surface area (TPSA) is 58.3 Å². The second kappa shape index (κ2) is 5.37. The minimum Gasteiger partial charge on any atom is -0.395 e. The number of aliphatic hydroxyl groups is 1. The van der Waals surface area contributed by atoms with Gasteiger partial charge in [0.05, 0.1) is 12.6 Å². The molecule has 4 N–H and O–H groups in total. The maximum Gasteiger partial charge on any atom is 0.0606 e. The second-order valence-electron chi connectivity index (χ2n) is 1.50. The lowest BCUT2D eigenvalue weighted by atomic mass is 10.4. The molecule has 0 radical (unpaired) electrons. The Morgan fingerprint density at radius 1 is 1.88 bits per heavy atom. The summed E-state index contributed by atoms with van der Waals surface area (Å²) in [6.45, 7) is 0.108. The maximum absolute atomic E-state index is 8.50. The summed E-state index contributed by atoms with van der Waals surface area (Å²) in [4.78, 5) is 0. The van der Waals surface area contributed by atoms with E-state index >= 15 is 0 Å². The standard InChI is InChI=1S/C4H12N2OS/c1-8-3-4(2-7)6-5/h4,6-7H,2-3,5H2,1H3/t4-/m0/s1. The van der Waals surface area contributed by atoms with Crippen LogP contribution in [-0.4, -0.2) is 29.8 Å². The Morgan fingerprint density at radius 2 is 2.50 bits per heavy atom. The van der Waals surface area contributed by atoms with Crippen molar-refractivity contribution in [3.05, 3.63) is 0 Å². The Morgan fingerprint density at radius 3 is 2.62 bits per heavy atom. The summed E-state index contributed by atoms with van der Waals surface area (Å²) in [6.07, 6.45) is 1.97. The molecule has 8 heavy (non-hydrogen) atoms. The fourth-order valence-corrected chi connectivity index (χ4v) is 0.959. The smallest absolute Gasteiger partial charge is 0.0606 e. The van der Waals surface area contributed by atoms with Crippen molar-refractivity contribution >= 4 is 11.8 Å². The lowest BCUT2D eigenvalue weighted by Crippen LogP contribution is -2.39. The van der Waals surface area contributed by atoms with E-state index in [1.807, 2.05) is 6.26 Å². The van der Waals surface area contributed by atoms with Gasteiger partial charge in [-0.05, 0) is 6.26 Å². The molecule has 0 rings (SSSR count). The number of aliphatic hydroxyl groups excluding tert-OH is 1. The molecular formula is C4H12N2OS. The molecule has 1 atom stereocenters. The fourth-order valence-electron chi connectivity index (χ4n) is 0.355. The van der Waals surface area contributed by atoms with Crippen molar-refractivity contribution in [3.63, 3.8) is 0 Å². The van der Waals surface area contributed by atoms with Gasteiger partial charge in [-0.15, -0.1) is 0 Å². The zero-order valence-electron chi connectivity index (χ0n) is 4.92. The molecule has 0 spiro atoms. The van der Waals surface area contributed by atoms with Crippen LogP contribution in [0.1, 0.15) is 0 Å². The molecule has 0 saturated carbocycles. The Hall–Kier alpha value is 0.230. The number of nitrogens with one attached hydrogen (secondary N) is 1. The highest BCUT2D eigenvalue weighted by Crippen LogP contribution is 1.93. The Labute approximate surface area is 53.6 Å². The van der Waals surface area contributed by atoms with Crippen LogP contribution in [0.15, 0.2) is 0 Å². The first-order valence-electron chi connectivity index (χ1n) is 2.41. The summed E-state index contributed by atoms with van der Waals surface area (Å²) >= 11 is 1.66. The van der Waals surface area contributed by atoms with E-state index in [2.05, 4.69) is 5.43 Å². The van der Waals surface area contributed by atoms with Crippen LogP contribution in [0.5, 0.6) is 0 Å². The van der Waals surface area contributed by atoms with E-state index in [1.165, 1.54) is 0 Å². The van der Waals surface area contributed by atoms with Crippen LogP contribution < -0.4 is 11.3 Å². The first kappa shape index (κ1) is 8.23. The molecule has 0 aliphatic heterocycles. The quantitative estimate of drug-likeness (QED) is 0.349. The van der Waals surface area contributed by atoms with Crippen molar-refractivity contribution in [2.75, 3.05) is 18.6 Å². The summed E-state index contributed by atoms with van der Waals surface area (Å²) in [7, 11) is 0. The average Bonchev–Trinajstić information content (AvgIpc) is 1.83. The Balaban J connectivity index is 3.07. The van der Waals surface area contributed by atoms with Gasteiger partial charge in [-0.1, -0.05) is 0 Å². The van der Waals surface area contributed by atoms with E-state index in [-0.39, 0.29) is 12.6 Å². The molecule has 0 heterocycles. The summed E-state index contributed by atoms with van der Waals surface area (Å²) in [5, 5.41) is 8.50. The first-order valence-corrected chi connectivity index (χ1v) is 3.80. The molecule has 0 aliphatic carbocycles. The molecule has 0 aromatic heterocycles. The molecule has 0 saturated heterocycles. The van der Waals surface area contributed by atoms with Crippen molar-refractivity contribution in [1.82, 2.24) is 5.43 Å². The van der Waals surface area contributed by atoms with Crippen molar-refractivity contribution in [1.29, 1.82) is 0 Å². The summed E-state index contributed by atoms with van der Waals surface area (Å²) < 4.78 is 0. The number of thioether (sulfide) groups is 1. The zero-order chi connectivity index (χ0) is 6.41. The van der Waals surface area contributed by atoms with Gasteiger partial charge in [-0.3, -0.25) is 11.3 Å². The van der Waals surface area contributed by atoms with E-state index in [4.69, 9.17) is 10.9 Å². The molecule has 0 aromatic rings. The molecule has 0 aliphatic rings. The van der Waals surface area contributed by atoms with Crippen LogP contribution in [0.2, 0.25) is 0 Å². The molecule has 3 nitrogen and oxygen atoms in total. The van der Waals surface area contributed by atoms with Gasteiger partial charge < -0.3 is 5.11 Å². The molecule has 0 fully saturated rings. The third kappa shape index (κ3) is 3.26. The van der Waals surface area contributed by atoms with E-state index in [0.29, 0.717) is 0 Å². The predicted octanol–water partition coefficient (Wildman–Crippen LogP) is -0.826. The SMILES string of the molecule is CSC[C@H](CO)NN. The number of hydrogen-bond acceptors (Lipinski definition) is 4. The van der Waals surface area contributed by atoms with E-state index in [1.54, 1.807) is 11.8 Å². The normalized spacial score (nSPS) is 13.9. The fraction of sp³-hybridized carbons (Fsp3) is 1.00. The lowest BCUT2D eigenvalue weighted by Gasteiger charge is -2.08. The minimum absolute atomic E-state index is 0.0463. The van der Waals surface area contributed by atoms with Crippen LogP contribution in [-0.2, 0) is 0 Å². The molecular weight excluding hydrogens is 124 g/mol. The van der Waals surface area contributed by atoms with Gasteiger partial charge in [0, 0.05) is 5.75 Å². The van der Waals surface area contributed by atoms with Crippen molar-refractivity contribution in [2.45, 2.75) is 6.04 Å². The molecule has 0 unspecified atom stereocenters. The number of hydrazine groups is 1. The van der Waals surface area contributed by atoms with E-state index in [0.717, 1.165) is 5.75 Å². The first-order chi connectivity index (χ1) is 3.85. The van der Waals surface area contributed by atoms with Gasteiger partial charge in [0.1, 0.15) is 0 Å². The minimum atomic E-state index is 0.0463. The van der Waals surface area contributed by atoms with Crippen LogP contribution in [0.4, 0.5) is 0 Å². The van der Waals surface area contributed by atoms with Crippen molar-refractivity contribution in [2.24, 2.45) is 5.84 Å². The molecule has 50 valence electrons. The summed E-state index contributed by atoms with van der Waals surface area (Å²) in [5.41, 5.74) is 2.48. The van der Waals surface area contributed by atoms with Crippen LogP contribution in [0.25, 0.3) is 0 Å². The van der Waals surface area contributed by atoms with E-state index in [9.17, 15) is 0 Å². The number of hydrogen-bond donors (Lipinski definition) is 3. The van der Waals surface area contributed by atoms with Gasteiger partial charge in [-0.2, -0.15) is 11.8 Å². The second-order valence-corrected chi connectivity index (χ2v) is 2.41. The molecule has 4 heteroatoms. The number of rotatable bonds is 4. The molecule has 0 aromatic carbocycles. The van der Waals surface area contributed by atoms with Gasteiger partial charge in [0.2, 0.25) is 0 Å². The highest BCUT2D eigenvalue weighted by molar-refractivity contribution is 7.98. The van der Waals surface area contributed by atoms with Crippen LogP contribution in [0.3, 0.4) is 0 Å². The van der Waals surface area contributed by atoms with Gasteiger partial charge >= 0.3 is 0 Å². The van der Waals surface area contributed by atoms with Gasteiger partial charge in [-0.25, -0.2) is 0 Å². The molecule has 0 amide bonds. The van der Waals surface area contributed by atoms with Gasteiger partial charge in [0.15, 0.2) is 0 Å². The third-order valence-corrected chi connectivity index (χ3v) is 1.56. The van der Waals surface area contributed by atoms with Crippen molar-refractivity contribution in [3.8, 4) is 0 Å². The monoisotopic (exact) mass is 136 g/mol. The predicted molar refractivity (Wildman–Crippen MR) is 36.6 cm³/mol. The molecule has 0 bridgehead atoms. The van der Waals surface area contributed by atoms with Crippen molar-refractivity contribution < 1.29 is 5.11 Å². The van der Waals surface area contributed by atoms with Crippen LogP contribution >= 0.6 is 11.8 Å². The lowest BCUT2D eigenvalue weighted by molar-refractivity contribution is 0.255. The third-order valence-electron chi connectivity index (χ3n) is 0.824. The highest BCUT2D eigenvalue weighted by atomic mass is 32.2. The highest BCUT2D eigenvalue weighted by Gasteiger charge is 2.00. The summed E-state index contributed by atoms with van der Waals surface area (Å²) in [5.74, 6) is 5.90. The average molecular weight is 136 g/mol. The summed E-state index contributed by atoms with van der Waals surface area (Å²) in [6, 6.07) is 0.0463. The van der Waals surface area contributed by atoms with E-state index < -0.39 is 0 Å². The van der Waals surface area contributed by atoms with Gasteiger partial charge in [0.25, 0.3) is 0 Å². The zero-order valence-corrected chi connectivity index (χ0v) is 5.74. The Bertz CT molecular complexity index is 49.3. The Kier molecular flexibility index (Phi) is 5.52. The largest absolute Gasteiger partial charge is 0.395 e. The maximum atomic E-state index is 8.50.